The van der Waals surface area contributed by atoms with Crippen molar-refractivity contribution in [2.75, 3.05) is 38.6 Å². The molecule has 0 aromatic heterocycles. The van der Waals surface area contributed by atoms with Crippen LogP contribution in [0.4, 0.5) is 14.9 Å². The molecule has 1 saturated carbocycles. The highest BCUT2D eigenvalue weighted by Crippen LogP contribution is 2.31. The summed E-state index contributed by atoms with van der Waals surface area (Å²) in [5, 5.41) is 2.90. The van der Waals surface area contributed by atoms with Gasteiger partial charge in [-0.15, -0.1) is 0 Å². The van der Waals surface area contributed by atoms with Gasteiger partial charge in [-0.25, -0.2) is 9.18 Å². The molecule has 1 heterocycles. The smallest absolute Gasteiger partial charge is 0.409 e. The topological polar surface area (TPSA) is 61.9 Å². The van der Waals surface area contributed by atoms with E-state index in [2.05, 4.69) is 10.2 Å². The molecule has 1 aliphatic heterocycles. The summed E-state index contributed by atoms with van der Waals surface area (Å²) in [5.41, 5.74) is 1.04. The van der Waals surface area contributed by atoms with Crippen LogP contribution < -0.4 is 5.32 Å². The van der Waals surface area contributed by atoms with Crippen molar-refractivity contribution in [2.45, 2.75) is 38.6 Å². The number of piperazine rings is 1. The molecule has 1 aromatic carbocycles. The Balaban J connectivity index is 1.70. The average molecular weight is 377 g/mol. The Hall–Kier alpha value is -2.15. The first kappa shape index (κ1) is 19.6. The first-order valence-corrected chi connectivity index (χ1v) is 9.63. The predicted octanol–water partition coefficient (Wildman–Crippen LogP) is 3.02. The van der Waals surface area contributed by atoms with Gasteiger partial charge in [0.05, 0.1) is 13.2 Å². The molecule has 6 nitrogen and oxygen atoms in total. The molecule has 2 aliphatic rings. The van der Waals surface area contributed by atoms with Crippen molar-refractivity contribution in [2.24, 2.45) is 5.92 Å². The maximum atomic E-state index is 13.8. The Morgan fingerprint density at radius 3 is 2.44 bits per heavy atom. The largest absolute Gasteiger partial charge is 0.453 e. The Morgan fingerprint density at radius 1 is 1.19 bits per heavy atom. The Kier molecular flexibility index (Phi) is 6.31. The molecule has 1 atom stereocenters. The van der Waals surface area contributed by atoms with E-state index in [0.29, 0.717) is 43.3 Å². The van der Waals surface area contributed by atoms with Crippen LogP contribution in [0.1, 0.15) is 31.2 Å². The van der Waals surface area contributed by atoms with E-state index in [4.69, 9.17) is 4.74 Å². The van der Waals surface area contributed by atoms with E-state index in [1.54, 1.807) is 24.0 Å². The van der Waals surface area contributed by atoms with E-state index in [0.717, 1.165) is 25.7 Å². The number of hydrogen-bond donors (Lipinski definition) is 1. The molecule has 0 spiro atoms. The van der Waals surface area contributed by atoms with Gasteiger partial charge in [0.2, 0.25) is 5.91 Å². The number of nitrogens with zero attached hydrogens (tertiary/aromatic N) is 2. The summed E-state index contributed by atoms with van der Waals surface area (Å²) < 4.78 is 18.6. The van der Waals surface area contributed by atoms with E-state index in [9.17, 15) is 14.0 Å². The second-order valence-corrected chi connectivity index (χ2v) is 7.44. The van der Waals surface area contributed by atoms with Gasteiger partial charge < -0.3 is 15.0 Å². The van der Waals surface area contributed by atoms with Crippen LogP contribution in [-0.4, -0.2) is 61.1 Å². The molecule has 148 valence electrons. The van der Waals surface area contributed by atoms with Crippen LogP contribution in [0.15, 0.2) is 18.2 Å². The fraction of sp³-hybridized carbons (Fsp3) is 0.600. The van der Waals surface area contributed by atoms with Gasteiger partial charge in [-0.05, 0) is 43.4 Å². The number of halogens is 1. The Labute approximate surface area is 159 Å². The maximum absolute atomic E-state index is 13.8. The normalized spacial score (nSPS) is 19.7. The van der Waals surface area contributed by atoms with E-state index in [-0.39, 0.29) is 23.9 Å². The predicted molar refractivity (Wildman–Crippen MR) is 101 cm³/mol. The molecule has 1 saturated heterocycles. The molecule has 3 rings (SSSR count). The zero-order valence-electron chi connectivity index (χ0n) is 16.0. The van der Waals surface area contributed by atoms with E-state index < -0.39 is 0 Å². The number of carbonyl (C=O) groups is 2. The molecule has 2 amide bonds. The molecule has 1 aromatic rings. The number of benzene rings is 1. The highest BCUT2D eigenvalue weighted by atomic mass is 19.1. The van der Waals surface area contributed by atoms with Crippen LogP contribution in [0.5, 0.6) is 0 Å². The fourth-order valence-electron chi connectivity index (χ4n) is 4.15. The van der Waals surface area contributed by atoms with Crippen LogP contribution in [-0.2, 0) is 9.53 Å². The number of rotatable bonds is 4. The molecule has 1 aliphatic carbocycles. The number of carbonyl (C=O) groups excluding carboxylic acids is 2. The third-order valence-corrected chi connectivity index (χ3v) is 5.69. The van der Waals surface area contributed by atoms with Gasteiger partial charge in [0.15, 0.2) is 0 Å². The molecular weight excluding hydrogens is 349 g/mol. The first-order valence-electron chi connectivity index (χ1n) is 9.63. The second kappa shape index (κ2) is 8.69. The van der Waals surface area contributed by atoms with Crippen LogP contribution >= 0.6 is 0 Å². The molecule has 0 radical (unpaired) electrons. The number of amides is 2. The van der Waals surface area contributed by atoms with Gasteiger partial charge in [0, 0.05) is 31.9 Å². The molecule has 7 heteroatoms. The van der Waals surface area contributed by atoms with Crippen molar-refractivity contribution in [1.82, 2.24) is 9.80 Å². The Bertz CT molecular complexity index is 683. The van der Waals surface area contributed by atoms with Gasteiger partial charge in [-0.1, -0.05) is 18.9 Å². The zero-order valence-corrected chi connectivity index (χ0v) is 16.0. The second-order valence-electron chi connectivity index (χ2n) is 7.44. The monoisotopic (exact) mass is 377 g/mol. The Morgan fingerprint density at radius 2 is 1.85 bits per heavy atom. The van der Waals surface area contributed by atoms with Crippen molar-refractivity contribution < 1.29 is 18.7 Å². The highest BCUT2D eigenvalue weighted by Gasteiger charge is 2.37. The van der Waals surface area contributed by atoms with E-state index in [1.165, 1.54) is 13.2 Å². The van der Waals surface area contributed by atoms with Crippen LogP contribution in [0.25, 0.3) is 0 Å². The third-order valence-electron chi connectivity index (χ3n) is 5.69. The van der Waals surface area contributed by atoms with Gasteiger partial charge >= 0.3 is 6.09 Å². The highest BCUT2D eigenvalue weighted by molar-refractivity contribution is 5.95. The number of hydrogen-bond acceptors (Lipinski definition) is 4. The molecule has 2 fully saturated rings. The lowest BCUT2D eigenvalue weighted by atomic mass is 9.95. The summed E-state index contributed by atoms with van der Waals surface area (Å²) in [5.74, 6) is -0.112. The minimum Gasteiger partial charge on any atom is -0.453 e. The van der Waals surface area contributed by atoms with Crippen LogP contribution in [0.2, 0.25) is 0 Å². The van der Waals surface area contributed by atoms with Crippen molar-refractivity contribution in [3.63, 3.8) is 0 Å². The van der Waals surface area contributed by atoms with E-state index >= 15 is 0 Å². The summed E-state index contributed by atoms with van der Waals surface area (Å²) in [6.45, 7) is 4.05. The number of anilines is 1. The number of ether oxygens (including phenoxy) is 1. The van der Waals surface area contributed by atoms with Gasteiger partial charge in [0.25, 0.3) is 0 Å². The summed E-state index contributed by atoms with van der Waals surface area (Å²) in [7, 11) is 1.38. The number of methoxy groups -OCH3 is 1. The van der Waals surface area contributed by atoms with Gasteiger partial charge in [0.1, 0.15) is 5.82 Å². The lowest BCUT2D eigenvalue weighted by molar-refractivity contribution is -0.124. The van der Waals surface area contributed by atoms with E-state index in [1.807, 2.05) is 0 Å². The molecular formula is C20H28FN3O3. The molecule has 1 unspecified atom stereocenters. The summed E-state index contributed by atoms with van der Waals surface area (Å²) >= 11 is 0. The standard InChI is InChI=1S/C20H28FN3O3/c1-14-7-8-16(13-17(14)21)22-19(25)18(15-5-3-4-6-15)23-9-11-24(12-10-23)20(26)27-2/h7-8,13,15,18H,3-6,9-12H2,1-2H3,(H,22,25). The minimum atomic E-state index is -0.327. The van der Waals surface area contributed by atoms with Gasteiger partial charge in [-0.3, -0.25) is 9.69 Å². The molecule has 0 bridgehead atoms. The summed E-state index contributed by atoms with van der Waals surface area (Å²) in [6, 6.07) is 4.52. The lowest BCUT2D eigenvalue weighted by Crippen LogP contribution is -2.56. The average Bonchev–Trinajstić information content (AvgIpc) is 3.19. The van der Waals surface area contributed by atoms with Crippen molar-refractivity contribution in [3.05, 3.63) is 29.6 Å². The zero-order chi connectivity index (χ0) is 19.4. The van der Waals surface area contributed by atoms with Crippen LogP contribution in [0, 0.1) is 18.7 Å². The SMILES string of the molecule is COC(=O)N1CCN(C(C(=O)Nc2ccc(C)c(F)c2)C2CCCC2)CC1. The number of nitrogens with one attached hydrogen (secondary N) is 1. The third kappa shape index (κ3) is 4.58. The quantitative estimate of drug-likeness (QED) is 0.876. The fourth-order valence-corrected chi connectivity index (χ4v) is 4.15. The maximum Gasteiger partial charge on any atom is 0.409 e. The minimum absolute atomic E-state index is 0.0864. The molecule has 1 N–H and O–H groups in total. The van der Waals surface area contributed by atoms with Gasteiger partial charge in [-0.2, -0.15) is 0 Å². The summed E-state index contributed by atoms with van der Waals surface area (Å²) in [4.78, 5) is 28.6. The first-order chi connectivity index (χ1) is 13.0. The molecule has 27 heavy (non-hydrogen) atoms. The van der Waals surface area contributed by atoms with Crippen LogP contribution in [0.3, 0.4) is 0 Å². The summed E-state index contributed by atoms with van der Waals surface area (Å²) in [6.07, 6.45) is 3.99. The van der Waals surface area contributed by atoms with Crippen molar-refractivity contribution >= 4 is 17.7 Å². The lowest BCUT2D eigenvalue weighted by Gasteiger charge is -2.40. The van der Waals surface area contributed by atoms with Crippen molar-refractivity contribution in [3.8, 4) is 0 Å². The number of aryl methyl sites for hydroxylation is 1. The van der Waals surface area contributed by atoms with Crippen molar-refractivity contribution in [1.29, 1.82) is 0 Å².